The standard InChI is InChI=1S/C8H15N3O2/c1-11(2)5-3-4-7-9-8(6-12)13-10-7/h12H,3-6H2,1-2H3. The number of hydrogen-bond acceptors (Lipinski definition) is 5. The van der Waals surface area contributed by atoms with Gasteiger partial charge in [-0.05, 0) is 27.1 Å². The quantitative estimate of drug-likeness (QED) is 0.702. The molecule has 0 fully saturated rings. The Balaban J connectivity index is 2.28. The lowest BCUT2D eigenvalue weighted by atomic mass is 10.3. The second-order valence-corrected chi connectivity index (χ2v) is 3.17. The summed E-state index contributed by atoms with van der Waals surface area (Å²) in [6, 6.07) is 0. The van der Waals surface area contributed by atoms with Crippen LogP contribution in [-0.4, -0.2) is 40.8 Å². The Morgan fingerprint density at radius 2 is 2.23 bits per heavy atom. The zero-order chi connectivity index (χ0) is 9.68. The van der Waals surface area contributed by atoms with Crippen LogP contribution in [0.5, 0.6) is 0 Å². The van der Waals surface area contributed by atoms with Crippen molar-refractivity contribution in [2.45, 2.75) is 19.4 Å². The van der Waals surface area contributed by atoms with Crippen molar-refractivity contribution in [3.63, 3.8) is 0 Å². The minimum Gasteiger partial charge on any atom is -0.387 e. The van der Waals surface area contributed by atoms with Crippen LogP contribution in [0.25, 0.3) is 0 Å². The second-order valence-electron chi connectivity index (χ2n) is 3.17. The number of aliphatic hydroxyl groups is 1. The Morgan fingerprint density at radius 1 is 1.46 bits per heavy atom. The van der Waals surface area contributed by atoms with E-state index in [0.29, 0.717) is 11.7 Å². The molecule has 5 heteroatoms. The van der Waals surface area contributed by atoms with Gasteiger partial charge in [-0.25, -0.2) is 0 Å². The van der Waals surface area contributed by atoms with Gasteiger partial charge in [-0.1, -0.05) is 5.16 Å². The largest absolute Gasteiger partial charge is 0.387 e. The van der Waals surface area contributed by atoms with Gasteiger partial charge < -0.3 is 14.5 Å². The normalized spacial score (nSPS) is 11.1. The molecule has 0 radical (unpaired) electrons. The molecule has 1 aromatic heterocycles. The highest BCUT2D eigenvalue weighted by atomic mass is 16.5. The zero-order valence-corrected chi connectivity index (χ0v) is 8.03. The van der Waals surface area contributed by atoms with Crippen LogP contribution in [-0.2, 0) is 13.0 Å². The average molecular weight is 185 g/mol. The van der Waals surface area contributed by atoms with Crippen LogP contribution in [0.1, 0.15) is 18.1 Å². The van der Waals surface area contributed by atoms with Crippen LogP contribution < -0.4 is 0 Å². The summed E-state index contributed by atoms with van der Waals surface area (Å²) >= 11 is 0. The fourth-order valence-electron chi connectivity index (χ4n) is 1.01. The SMILES string of the molecule is CN(C)CCCc1noc(CO)n1. The molecule has 5 nitrogen and oxygen atoms in total. The second kappa shape index (κ2) is 4.94. The lowest BCUT2D eigenvalue weighted by molar-refractivity contribution is 0.222. The summed E-state index contributed by atoms with van der Waals surface area (Å²) in [5.41, 5.74) is 0. The van der Waals surface area contributed by atoms with Gasteiger partial charge in [0.2, 0.25) is 0 Å². The van der Waals surface area contributed by atoms with Crippen molar-refractivity contribution in [1.82, 2.24) is 15.0 Å². The highest BCUT2D eigenvalue weighted by molar-refractivity contribution is 4.84. The third-order valence-electron chi connectivity index (χ3n) is 1.65. The van der Waals surface area contributed by atoms with Gasteiger partial charge in [-0.15, -0.1) is 0 Å². The fourth-order valence-corrected chi connectivity index (χ4v) is 1.01. The molecule has 0 saturated carbocycles. The molecule has 0 aliphatic rings. The molecule has 1 rings (SSSR count). The predicted molar refractivity (Wildman–Crippen MR) is 47.1 cm³/mol. The van der Waals surface area contributed by atoms with Gasteiger partial charge in [-0.3, -0.25) is 0 Å². The molecule has 0 aliphatic heterocycles. The summed E-state index contributed by atoms with van der Waals surface area (Å²) in [5, 5.41) is 12.4. The minimum absolute atomic E-state index is 0.180. The Hall–Kier alpha value is -0.940. The molecule has 1 heterocycles. The van der Waals surface area contributed by atoms with Crippen LogP contribution in [0.3, 0.4) is 0 Å². The minimum atomic E-state index is -0.180. The van der Waals surface area contributed by atoms with E-state index in [0.717, 1.165) is 19.4 Å². The Morgan fingerprint density at radius 3 is 2.77 bits per heavy atom. The van der Waals surface area contributed by atoms with Crippen LogP contribution in [0.4, 0.5) is 0 Å². The smallest absolute Gasteiger partial charge is 0.252 e. The van der Waals surface area contributed by atoms with E-state index in [1.54, 1.807) is 0 Å². The van der Waals surface area contributed by atoms with Gasteiger partial charge in [0.15, 0.2) is 5.82 Å². The maximum absolute atomic E-state index is 8.66. The van der Waals surface area contributed by atoms with Gasteiger partial charge in [0.25, 0.3) is 5.89 Å². The van der Waals surface area contributed by atoms with E-state index in [9.17, 15) is 0 Å². The van der Waals surface area contributed by atoms with Gasteiger partial charge in [0.1, 0.15) is 6.61 Å². The molecule has 0 amide bonds. The van der Waals surface area contributed by atoms with Crippen molar-refractivity contribution in [3.8, 4) is 0 Å². The Labute approximate surface area is 77.4 Å². The third kappa shape index (κ3) is 3.52. The van der Waals surface area contributed by atoms with Crippen LogP contribution >= 0.6 is 0 Å². The summed E-state index contributed by atoms with van der Waals surface area (Å²) < 4.78 is 4.75. The number of aryl methyl sites for hydroxylation is 1. The van der Waals surface area contributed by atoms with E-state index in [2.05, 4.69) is 15.0 Å². The summed E-state index contributed by atoms with van der Waals surface area (Å²) in [6.07, 6.45) is 1.79. The third-order valence-corrected chi connectivity index (χ3v) is 1.65. The van der Waals surface area contributed by atoms with Crippen molar-refractivity contribution in [3.05, 3.63) is 11.7 Å². The molecule has 0 spiro atoms. The zero-order valence-electron chi connectivity index (χ0n) is 8.03. The highest BCUT2D eigenvalue weighted by Gasteiger charge is 2.04. The lowest BCUT2D eigenvalue weighted by Gasteiger charge is -2.06. The first-order valence-electron chi connectivity index (χ1n) is 4.29. The number of hydrogen-bond donors (Lipinski definition) is 1. The molecular formula is C8H15N3O2. The number of aliphatic hydroxyl groups excluding tert-OH is 1. The molecule has 74 valence electrons. The van der Waals surface area contributed by atoms with E-state index in [-0.39, 0.29) is 6.61 Å². The maximum Gasteiger partial charge on any atom is 0.252 e. The molecule has 0 aromatic carbocycles. The molecular weight excluding hydrogens is 170 g/mol. The Kier molecular flexibility index (Phi) is 3.85. The summed E-state index contributed by atoms with van der Waals surface area (Å²) in [4.78, 5) is 6.08. The fraction of sp³-hybridized carbons (Fsp3) is 0.750. The molecule has 1 N–H and O–H groups in total. The molecule has 0 bridgehead atoms. The van der Waals surface area contributed by atoms with E-state index in [1.165, 1.54) is 0 Å². The molecule has 13 heavy (non-hydrogen) atoms. The first kappa shape index (κ1) is 10.1. The van der Waals surface area contributed by atoms with Crippen molar-refractivity contribution >= 4 is 0 Å². The van der Waals surface area contributed by atoms with Crippen LogP contribution in [0.2, 0.25) is 0 Å². The first-order valence-corrected chi connectivity index (χ1v) is 4.29. The van der Waals surface area contributed by atoms with E-state index in [1.807, 2.05) is 14.1 Å². The van der Waals surface area contributed by atoms with Gasteiger partial charge in [-0.2, -0.15) is 4.98 Å². The number of nitrogens with zero attached hydrogens (tertiary/aromatic N) is 3. The molecule has 0 saturated heterocycles. The van der Waals surface area contributed by atoms with Crippen molar-refractivity contribution in [1.29, 1.82) is 0 Å². The summed E-state index contributed by atoms with van der Waals surface area (Å²) in [5.74, 6) is 0.964. The van der Waals surface area contributed by atoms with Gasteiger partial charge >= 0.3 is 0 Å². The topological polar surface area (TPSA) is 62.4 Å². The maximum atomic E-state index is 8.66. The molecule has 0 unspecified atom stereocenters. The number of aromatic nitrogens is 2. The van der Waals surface area contributed by atoms with Crippen molar-refractivity contribution < 1.29 is 9.63 Å². The van der Waals surface area contributed by atoms with Crippen LogP contribution in [0, 0.1) is 0 Å². The highest BCUT2D eigenvalue weighted by Crippen LogP contribution is 2.00. The van der Waals surface area contributed by atoms with E-state index in [4.69, 9.17) is 9.63 Å². The van der Waals surface area contributed by atoms with E-state index < -0.39 is 0 Å². The van der Waals surface area contributed by atoms with Crippen molar-refractivity contribution in [2.75, 3.05) is 20.6 Å². The molecule has 1 aromatic rings. The number of rotatable bonds is 5. The van der Waals surface area contributed by atoms with E-state index >= 15 is 0 Å². The summed E-state index contributed by atoms with van der Waals surface area (Å²) in [7, 11) is 4.05. The van der Waals surface area contributed by atoms with Crippen molar-refractivity contribution in [2.24, 2.45) is 0 Å². The van der Waals surface area contributed by atoms with Crippen LogP contribution in [0.15, 0.2) is 4.52 Å². The Bertz CT molecular complexity index is 247. The average Bonchev–Trinajstić information content (AvgIpc) is 2.52. The summed E-state index contributed by atoms with van der Waals surface area (Å²) in [6.45, 7) is 0.823. The van der Waals surface area contributed by atoms with Gasteiger partial charge in [0.05, 0.1) is 0 Å². The lowest BCUT2D eigenvalue weighted by Crippen LogP contribution is -2.13. The van der Waals surface area contributed by atoms with Gasteiger partial charge in [0, 0.05) is 6.42 Å². The monoisotopic (exact) mass is 185 g/mol. The molecule has 0 aliphatic carbocycles. The molecule has 0 atom stereocenters. The predicted octanol–water partition coefficient (Wildman–Crippen LogP) is 0.0561. The first-order chi connectivity index (χ1) is 6.22.